The van der Waals surface area contributed by atoms with Gasteiger partial charge < -0.3 is 10.1 Å². The minimum absolute atomic E-state index is 0.0505. The Bertz CT molecular complexity index is 577. The predicted octanol–water partition coefficient (Wildman–Crippen LogP) is 5.11. The van der Waals surface area contributed by atoms with Crippen molar-refractivity contribution in [2.75, 3.05) is 5.32 Å². The van der Waals surface area contributed by atoms with Crippen LogP contribution in [0.15, 0.2) is 48.5 Å². The van der Waals surface area contributed by atoms with Crippen LogP contribution in [-0.2, 0) is 0 Å². The van der Waals surface area contributed by atoms with E-state index in [-0.39, 0.29) is 11.8 Å². The molecule has 0 saturated heterocycles. The summed E-state index contributed by atoms with van der Waals surface area (Å²) in [4.78, 5) is 0. The number of halogens is 3. The molecule has 1 atom stereocenters. The lowest BCUT2D eigenvalue weighted by Crippen LogP contribution is -2.08. The van der Waals surface area contributed by atoms with Gasteiger partial charge in [0, 0.05) is 22.8 Å². The number of hydrogen-bond acceptors (Lipinski definition) is 2. The highest BCUT2D eigenvalue weighted by atomic mass is 35.5. The highest BCUT2D eigenvalue weighted by Gasteiger charge is 2.10. The van der Waals surface area contributed by atoms with Gasteiger partial charge in [0.25, 0.3) is 0 Å². The third-order valence-corrected chi connectivity index (χ3v) is 3.16. The van der Waals surface area contributed by atoms with Gasteiger partial charge in [-0.3, -0.25) is 0 Å². The molecule has 0 aliphatic heterocycles. The highest BCUT2D eigenvalue weighted by Crippen LogP contribution is 2.27. The van der Waals surface area contributed by atoms with Crippen LogP contribution in [0, 0.1) is 0 Å². The zero-order valence-corrected chi connectivity index (χ0v) is 11.6. The lowest BCUT2D eigenvalue weighted by molar-refractivity contribution is -0.0498. The van der Waals surface area contributed by atoms with Gasteiger partial charge >= 0.3 is 6.61 Å². The van der Waals surface area contributed by atoms with Crippen molar-refractivity contribution in [3.05, 3.63) is 59.1 Å². The Morgan fingerprint density at radius 2 is 1.85 bits per heavy atom. The molecule has 2 aromatic carbocycles. The largest absolute Gasteiger partial charge is 0.435 e. The maximum Gasteiger partial charge on any atom is 0.387 e. The summed E-state index contributed by atoms with van der Waals surface area (Å²) < 4.78 is 28.7. The van der Waals surface area contributed by atoms with Crippen molar-refractivity contribution < 1.29 is 13.5 Å². The van der Waals surface area contributed by atoms with Crippen LogP contribution in [0.25, 0.3) is 0 Å². The third-order valence-electron chi connectivity index (χ3n) is 2.81. The van der Waals surface area contributed by atoms with Crippen molar-refractivity contribution in [1.29, 1.82) is 0 Å². The normalized spacial score (nSPS) is 12.2. The van der Waals surface area contributed by atoms with Gasteiger partial charge in [-0.25, -0.2) is 0 Å². The quantitative estimate of drug-likeness (QED) is 0.827. The van der Waals surface area contributed by atoms with E-state index < -0.39 is 6.61 Å². The standard InChI is InChI=1S/C15H14ClF2NO/c1-10(13-7-2-3-8-14(13)16)19-11-5-4-6-12(9-11)20-15(17)18/h2-10,15,19H,1H3. The van der Waals surface area contributed by atoms with E-state index in [1.807, 2.05) is 31.2 Å². The smallest absolute Gasteiger partial charge is 0.387 e. The van der Waals surface area contributed by atoms with E-state index in [1.54, 1.807) is 12.1 Å². The van der Waals surface area contributed by atoms with Crippen LogP contribution in [-0.4, -0.2) is 6.61 Å². The first-order chi connectivity index (χ1) is 9.56. The fraction of sp³-hybridized carbons (Fsp3) is 0.200. The minimum Gasteiger partial charge on any atom is -0.435 e. The summed E-state index contributed by atoms with van der Waals surface area (Å²) in [5.41, 5.74) is 1.63. The molecule has 1 unspecified atom stereocenters. The second-order valence-electron chi connectivity index (χ2n) is 4.29. The van der Waals surface area contributed by atoms with Gasteiger partial charge in [0.05, 0.1) is 0 Å². The van der Waals surface area contributed by atoms with E-state index in [0.29, 0.717) is 10.7 Å². The minimum atomic E-state index is -2.83. The third kappa shape index (κ3) is 3.84. The van der Waals surface area contributed by atoms with Crippen molar-refractivity contribution in [2.45, 2.75) is 19.6 Å². The van der Waals surface area contributed by atoms with Crippen LogP contribution < -0.4 is 10.1 Å². The lowest BCUT2D eigenvalue weighted by Gasteiger charge is -2.17. The maximum absolute atomic E-state index is 12.2. The molecule has 0 radical (unpaired) electrons. The van der Waals surface area contributed by atoms with Gasteiger partial charge in [-0.15, -0.1) is 0 Å². The summed E-state index contributed by atoms with van der Waals surface area (Å²) in [5, 5.41) is 3.86. The molecule has 20 heavy (non-hydrogen) atoms. The molecule has 0 aliphatic rings. The predicted molar refractivity (Wildman–Crippen MR) is 76.6 cm³/mol. The molecule has 2 rings (SSSR count). The van der Waals surface area contributed by atoms with Crippen molar-refractivity contribution in [2.24, 2.45) is 0 Å². The Kier molecular flexibility index (Phi) is 4.79. The summed E-state index contributed by atoms with van der Waals surface area (Å²) in [6.07, 6.45) is 0. The van der Waals surface area contributed by atoms with Gasteiger partial charge in [0.2, 0.25) is 0 Å². The van der Waals surface area contributed by atoms with Gasteiger partial charge in [-0.1, -0.05) is 35.9 Å². The number of rotatable bonds is 5. The maximum atomic E-state index is 12.2. The van der Waals surface area contributed by atoms with E-state index in [2.05, 4.69) is 10.1 Å². The van der Waals surface area contributed by atoms with Gasteiger partial charge in [0.15, 0.2) is 0 Å². The first kappa shape index (κ1) is 14.6. The Balaban J connectivity index is 2.12. The van der Waals surface area contributed by atoms with E-state index in [4.69, 9.17) is 11.6 Å². The number of hydrogen-bond donors (Lipinski definition) is 1. The van der Waals surface area contributed by atoms with Crippen LogP contribution in [0.4, 0.5) is 14.5 Å². The molecule has 106 valence electrons. The van der Waals surface area contributed by atoms with Crippen molar-refractivity contribution in [3.63, 3.8) is 0 Å². The molecule has 0 heterocycles. The number of nitrogens with one attached hydrogen (secondary N) is 1. The highest BCUT2D eigenvalue weighted by molar-refractivity contribution is 6.31. The number of anilines is 1. The molecule has 0 saturated carbocycles. The molecule has 0 aromatic heterocycles. The first-order valence-corrected chi connectivity index (χ1v) is 6.50. The Labute approximate surface area is 121 Å². The van der Waals surface area contributed by atoms with Crippen LogP contribution in [0.3, 0.4) is 0 Å². The summed E-state index contributed by atoms with van der Waals surface area (Å²) in [7, 11) is 0. The molecule has 0 fully saturated rings. The van der Waals surface area contributed by atoms with E-state index in [1.165, 1.54) is 12.1 Å². The summed E-state index contributed by atoms with van der Waals surface area (Å²) in [6.45, 7) is -0.881. The van der Waals surface area contributed by atoms with Gasteiger partial charge in [-0.2, -0.15) is 8.78 Å². The average Bonchev–Trinajstić information content (AvgIpc) is 2.38. The van der Waals surface area contributed by atoms with Crippen molar-refractivity contribution >= 4 is 17.3 Å². The molecular weight excluding hydrogens is 284 g/mol. The zero-order chi connectivity index (χ0) is 14.5. The van der Waals surface area contributed by atoms with E-state index >= 15 is 0 Å². The Morgan fingerprint density at radius 1 is 1.10 bits per heavy atom. The fourth-order valence-electron chi connectivity index (χ4n) is 1.92. The topological polar surface area (TPSA) is 21.3 Å². The molecule has 0 spiro atoms. The van der Waals surface area contributed by atoms with Crippen LogP contribution in [0.1, 0.15) is 18.5 Å². The Hall–Kier alpha value is -1.81. The van der Waals surface area contributed by atoms with Crippen LogP contribution in [0.5, 0.6) is 5.75 Å². The van der Waals surface area contributed by atoms with Crippen molar-refractivity contribution in [1.82, 2.24) is 0 Å². The van der Waals surface area contributed by atoms with E-state index in [0.717, 1.165) is 5.56 Å². The molecule has 1 N–H and O–H groups in total. The molecule has 0 bridgehead atoms. The monoisotopic (exact) mass is 297 g/mol. The molecule has 0 aliphatic carbocycles. The average molecular weight is 298 g/mol. The molecule has 0 amide bonds. The van der Waals surface area contributed by atoms with E-state index in [9.17, 15) is 8.78 Å². The van der Waals surface area contributed by atoms with Gasteiger partial charge in [-0.05, 0) is 30.7 Å². The van der Waals surface area contributed by atoms with Crippen molar-refractivity contribution in [3.8, 4) is 5.75 Å². The van der Waals surface area contributed by atoms with Crippen LogP contribution >= 0.6 is 11.6 Å². The summed E-state index contributed by atoms with van der Waals surface area (Å²) >= 11 is 6.12. The first-order valence-electron chi connectivity index (χ1n) is 6.12. The SMILES string of the molecule is CC(Nc1cccc(OC(F)F)c1)c1ccccc1Cl. The second kappa shape index (κ2) is 6.57. The number of alkyl halides is 2. The second-order valence-corrected chi connectivity index (χ2v) is 4.70. The number of ether oxygens (including phenoxy) is 1. The number of benzene rings is 2. The molecule has 2 nitrogen and oxygen atoms in total. The molecule has 2 aromatic rings. The fourth-order valence-corrected chi connectivity index (χ4v) is 2.22. The lowest BCUT2D eigenvalue weighted by atomic mass is 10.1. The zero-order valence-electron chi connectivity index (χ0n) is 10.8. The van der Waals surface area contributed by atoms with Gasteiger partial charge in [0.1, 0.15) is 5.75 Å². The molecule has 5 heteroatoms. The Morgan fingerprint density at radius 3 is 2.55 bits per heavy atom. The summed E-state index contributed by atoms with van der Waals surface area (Å²) in [5.74, 6) is 0.122. The summed E-state index contributed by atoms with van der Waals surface area (Å²) in [6, 6.07) is 13.9. The van der Waals surface area contributed by atoms with Crippen LogP contribution in [0.2, 0.25) is 5.02 Å². The molecular formula is C15H14ClF2NO.